The van der Waals surface area contributed by atoms with E-state index in [4.69, 9.17) is 23.7 Å². The number of carbonyl (C=O) groups is 4. The van der Waals surface area contributed by atoms with Crippen LogP contribution in [0.15, 0.2) is 11.7 Å². The molecule has 24 heavy (non-hydrogen) atoms. The van der Waals surface area contributed by atoms with Crippen molar-refractivity contribution < 1.29 is 48.0 Å². The van der Waals surface area contributed by atoms with E-state index in [0.29, 0.717) is 0 Å². The molecule has 0 saturated carbocycles. The van der Waals surface area contributed by atoms with Gasteiger partial charge in [0, 0.05) is 27.7 Å². The molecule has 0 saturated heterocycles. The van der Waals surface area contributed by atoms with Crippen molar-refractivity contribution in [3.8, 4) is 0 Å². The van der Waals surface area contributed by atoms with Gasteiger partial charge in [0.15, 0.2) is 12.2 Å². The molecule has 0 aromatic heterocycles. The molecule has 0 aliphatic carbocycles. The predicted molar refractivity (Wildman–Crippen MR) is 74.0 cm³/mol. The first kappa shape index (κ1) is 19.3. The number of aliphatic hydroxyl groups excluding tert-OH is 1. The summed E-state index contributed by atoms with van der Waals surface area (Å²) in [6, 6.07) is 0. The topological polar surface area (TPSA) is 135 Å². The maximum Gasteiger partial charge on any atom is 0.331 e. The number of esters is 4. The van der Waals surface area contributed by atoms with Crippen LogP contribution in [0.1, 0.15) is 27.7 Å². The van der Waals surface area contributed by atoms with Crippen molar-refractivity contribution in [1.82, 2.24) is 0 Å². The Morgan fingerprint density at radius 2 is 1.54 bits per heavy atom. The quantitative estimate of drug-likeness (QED) is 0.539. The molecule has 0 radical (unpaired) electrons. The molecule has 0 fully saturated rings. The Labute approximate surface area is 137 Å². The highest BCUT2D eigenvalue weighted by Gasteiger charge is 2.47. The zero-order valence-electron chi connectivity index (χ0n) is 13.6. The van der Waals surface area contributed by atoms with Gasteiger partial charge in [-0.2, -0.15) is 0 Å². The van der Waals surface area contributed by atoms with Crippen LogP contribution in [0.4, 0.5) is 0 Å². The molecule has 10 heteroatoms. The predicted octanol–water partition coefficient (Wildman–Crippen LogP) is 0.102. The monoisotopic (exact) mass is 346 g/mol. The standard InChI is InChI=1S/C14H18O10/c1-6(15)20-5-10-12(21-7(2)16)13(22-8(3)17)11(19)14(24-10)23-9(4)18/h10,12-13,19H,5H2,1-4H3/t10?,12-,13?/m1/s1. The first-order valence-corrected chi connectivity index (χ1v) is 6.87. The second-order valence-electron chi connectivity index (χ2n) is 4.83. The summed E-state index contributed by atoms with van der Waals surface area (Å²) in [6.45, 7) is 3.97. The third-order valence-electron chi connectivity index (χ3n) is 2.68. The van der Waals surface area contributed by atoms with Gasteiger partial charge in [0.05, 0.1) is 0 Å². The first-order valence-electron chi connectivity index (χ1n) is 6.87. The Hall–Kier alpha value is -2.78. The molecular formula is C14H18O10. The SMILES string of the molecule is CC(=O)OCC1OC(OC(C)=O)=C(O)C(OC(C)=O)[C@@H]1OC(C)=O. The smallest absolute Gasteiger partial charge is 0.331 e. The molecule has 0 aromatic carbocycles. The minimum atomic E-state index is -1.49. The van der Waals surface area contributed by atoms with Crippen molar-refractivity contribution in [2.45, 2.75) is 46.0 Å². The van der Waals surface area contributed by atoms with E-state index >= 15 is 0 Å². The third-order valence-corrected chi connectivity index (χ3v) is 2.68. The maximum atomic E-state index is 11.3. The first-order chi connectivity index (χ1) is 11.1. The average molecular weight is 346 g/mol. The normalized spacial score (nSPS) is 22.9. The molecule has 134 valence electrons. The number of aliphatic hydroxyl groups is 1. The lowest BCUT2D eigenvalue weighted by atomic mass is 10.0. The highest BCUT2D eigenvalue weighted by Crippen LogP contribution is 2.29. The minimum Gasteiger partial charge on any atom is -0.503 e. The summed E-state index contributed by atoms with van der Waals surface area (Å²) in [4.78, 5) is 44.6. The van der Waals surface area contributed by atoms with Crippen LogP contribution in [-0.4, -0.2) is 53.9 Å². The zero-order chi connectivity index (χ0) is 18.4. The van der Waals surface area contributed by atoms with Crippen molar-refractivity contribution in [3.63, 3.8) is 0 Å². The Kier molecular flexibility index (Phi) is 6.57. The Morgan fingerprint density at radius 1 is 0.958 bits per heavy atom. The molecule has 1 N–H and O–H groups in total. The van der Waals surface area contributed by atoms with Gasteiger partial charge in [0.25, 0.3) is 0 Å². The fraction of sp³-hybridized carbons (Fsp3) is 0.571. The van der Waals surface area contributed by atoms with Crippen molar-refractivity contribution in [2.75, 3.05) is 6.61 Å². The van der Waals surface area contributed by atoms with Gasteiger partial charge in [0.1, 0.15) is 6.61 Å². The lowest BCUT2D eigenvalue weighted by Gasteiger charge is -2.35. The van der Waals surface area contributed by atoms with Crippen molar-refractivity contribution in [2.24, 2.45) is 0 Å². The number of hydrogen-bond acceptors (Lipinski definition) is 10. The summed E-state index contributed by atoms with van der Waals surface area (Å²) in [7, 11) is 0. The minimum absolute atomic E-state index is 0.400. The fourth-order valence-electron chi connectivity index (χ4n) is 1.90. The van der Waals surface area contributed by atoms with Gasteiger partial charge in [-0.3, -0.25) is 19.2 Å². The second kappa shape index (κ2) is 8.18. The zero-order valence-corrected chi connectivity index (χ0v) is 13.6. The van der Waals surface area contributed by atoms with Crippen molar-refractivity contribution in [1.29, 1.82) is 0 Å². The molecule has 3 atom stereocenters. The van der Waals surface area contributed by atoms with Gasteiger partial charge < -0.3 is 28.8 Å². The van der Waals surface area contributed by atoms with E-state index in [0.717, 1.165) is 27.7 Å². The number of carbonyl (C=O) groups excluding carboxylic acids is 4. The van der Waals surface area contributed by atoms with Gasteiger partial charge >= 0.3 is 29.8 Å². The lowest BCUT2D eigenvalue weighted by Crippen LogP contribution is -2.51. The summed E-state index contributed by atoms with van der Waals surface area (Å²) in [5.41, 5.74) is 0. The van der Waals surface area contributed by atoms with Crippen LogP contribution in [-0.2, 0) is 42.9 Å². The Morgan fingerprint density at radius 3 is 2.00 bits per heavy atom. The summed E-state index contributed by atoms with van der Waals surface area (Å²) in [5, 5.41) is 10.1. The molecule has 0 spiro atoms. The molecule has 10 nitrogen and oxygen atoms in total. The Balaban J connectivity index is 3.20. The third kappa shape index (κ3) is 5.45. The van der Waals surface area contributed by atoms with Gasteiger partial charge in [-0.05, 0) is 0 Å². The fourth-order valence-corrected chi connectivity index (χ4v) is 1.90. The summed E-state index contributed by atoms with van der Waals surface area (Å²) < 4.78 is 24.7. The van der Waals surface area contributed by atoms with Crippen LogP contribution >= 0.6 is 0 Å². The van der Waals surface area contributed by atoms with Crippen molar-refractivity contribution in [3.05, 3.63) is 11.7 Å². The van der Waals surface area contributed by atoms with Crippen LogP contribution in [0, 0.1) is 0 Å². The van der Waals surface area contributed by atoms with Gasteiger partial charge in [-0.25, -0.2) is 0 Å². The molecular weight excluding hydrogens is 328 g/mol. The molecule has 0 amide bonds. The summed E-state index contributed by atoms with van der Waals surface area (Å²) in [6.07, 6.45) is -3.98. The van der Waals surface area contributed by atoms with E-state index in [-0.39, 0.29) is 0 Å². The van der Waals surface area contributed by atoms with Gasteiger partial charge in [0.2, 0.25) is 11.9 Å². The molecule has 2 unspecified atom stereocenters. The molecule has 1 aliphatic rings. The van der Waals surface area contributed by atoms with E-state index in [1.165, 1.54) is 0 Å². The van der Waals surface area contributed by atoms with Gasteiger partial charge in [-0.1, -0.05) is 0 Å². The maximum absolute atomic E-state index is 11.3. The van der Waals surface area contributed by atoms with Crippen LogP contribution in [0.25, 0.3) is 0 Å². The highest BCUT2D eigenvalue weighted by atomic mass is 16.7. The van der Waals surface area contributed by atoms with E-state index in [9.17, 15) is 24.3 Å². The summed E-state index contributed by atoms with van der Waals surface area (Å²) in [5.74, 6) is -4.37. The van der Waals surface area contributed by atoms with Crippen LogP contribution in [0.3, 0.4) is 0 Å². The van der Waals surface area contributed by atoms with E-state index < -0.39 is 60.5 Å². The van der Waals surface area contributed by atoms with Crippen LogP contribution in [0.5, 0.6) is 0 Å². The molecule has 1 rings (SSSR count). The number of rotatable bonds is 5. The van der Waals surface area contributed by atoms with Gasteiger partial charge in [-0.15, -0.1) is 0 Å². The van der Waals surface area contributed by atoms with Crippen LogP contribution < -0.4 is 0 Å². The molecule has 0 aromatic rings. The number of ether oxygens (including phenoxy) is 5. The molecule has 1 aliphatic heterocycles. The Bertz CT molecular complexity index is 564. The highest BCUT2D eigenvalue weighted by molar-refractivity contribution is 5.69. The number of hydrogen-bond donors (Lipinski definition) is 1. The van der Waals surface area contributed by atoms with Crippen molar-refractivity contribution >= 4 is 23.9 Å². The molecule has 0 bridgehead atoms. The second-order valence-corrected chi connectivity index (χ2v) is 4.83. The molecule has 1 heterocycles. The van der Waals surface area contributed by atoms with E-state index in [1.807, 2.05) is 0 Å². The average Bonchev–Trinajstić information content (AvgIpc) is 2.42. The van der Waals surface area contributed by atoms with Crippen LogP contribution in [0.2, 0.25) is 0 Å². The summed E-state index contributed by atoms with van der Waals surface area (Å²) >= 11 is 0. The van der Waals surface area contributed by atoms with E-state index in [2.05, 4.69) is 0 Å². The lowest BCUT2D eigenvalue weighted by molar-refractivity contribution is -0.198. The largest absolute Gasteiger partial charge is 0.503 e. The van der Waals surface area contributed by atoms with E-state index in [1.54, 1.807) is 0 Å².